The molecule has 0 radical (unpaired) electrons. The van der Waals surface area contributed by atoms with Crippen molar-refractivity contribution in [3.63, 3.8) is 0 Å². The van der Waals surface area contributed by atoms with Gasteiger partial charge in [-0.15, -0.1) is 0 Å². The van der Waals surface area contributed by atoms with Gasteiger partial charge < -0.3 is 9.47 Å². The van der Waals surface area contributed by atoms with Crippen LogP contribution in [0.3, 0.4) is 0 Å². The zero-order valence-electron chi connectivity index (χ0n) is 18.9. The van der Waals surface area contributed by atoms with Crippen molar-refractivity contribution in [1.82, 2.24) is 24.2 Å². The fourth-order valence-corrected chi connectivity index (χ4v) is 4.03. The molecule has 1 saturated carbocycles. The molecule has 1 amide bonds. The first-order chi connectivity index (χ1) is 15.8. The van der Waals surface area contributed by atoms with Crippen LogP contribution in [0.1, 0.15) is 50.4 Å². The number of alkyl halides is 3. The second kappa shape index (κ2) is 9.54. The van der Waals surface area contributed by atoms with Crippen LogP contribution in [0, 0.1) is 0 Å². The highest BCUT2D eigenvalue weighted by atomic mass is 19.4. The van der Waals surface area contributed by atoms with Gasteiger partial charge in [0.25, 0.3) is 0 Å². The lowest BCUT2D eigenvalue weighted by Crippen LogP contribution is -2.28. The van der Waals surface area contributed by atoms with Crippen LogP contribution in [0.5, 0.6) is 0 Å². The fourth-order valence-electron chi connectivity index (χ4n) is 4.03. The second-order valence-corrected chi connectivity index (χ2v) is 8.35. The average Bonchev–Trinajstić information content (AvgIpc) is 3.43. The standard InChI is InChI=1S/C23H29F3N6O/c1-3-30(4-2)13-14-31-18-8-6-5-7-17(18)27-22(31)28-21(33)11-12-32-19(16-9-10-16)15-20(29-32)23(24,25)26/h5-8,15-16H,3-4,9-14H2,1-2H3,(H,27,28,33). The number of anilines is 1. The Hall–Kier alpha value is -2.88. The van der Waals surface area contributed by atoms with E-state index >= 15 is 0 Å². The molecule has 0 bridgehead atoms. The van der Waals surface area contributed by atoms with E-state index in [1.165, 1.54) is 4.68 Å². The molecule has 1 aliphatic carbocycles. The smallest absolute Gasteiger partial charge is 0.309 e. The quantitative estimate of drug-likeness (QED) is 0.482. The monoisotopic (exact) mass is 462 g/mol. The van der Waals surface area contributed by atoms with Crippen molar-refractivity contribution in [1.29, 1.82) is 0 Å². The number of aryl methyl sites for hydroxylation is 1. The Morgan fingerprint density at radius 1 is 1.18 bits per heavy atom. The van der Waals surface area contributed by atoms with Gasteiger partial charge in [0.2, 0.25) is 11.9 Å². The van der Waals surface area contributed by atoms with Crippen molar-refractivity contribution in [3.8, 4) is 0 Å². The summed E-state index contributed by atoms with van der Waals surface area (Å²) in [7, 11) is 0. The summed E-state index contributed by atoms with van der Waals surface area (Å²) in [4.78, 5) is 19.6. The predicted molar refractivity (Wildman–Crippen MR) is 120 cm³/mol. The highest BCUT2D eigenvalue weighted by molar-refractivity contribution is 5.91. The number of carbonyl (C=O) groups is 1. The molecule has 0 unspecified atom stereocenters. The Morgan fingerprint density at radius 2 is 1.91 bits per heavy atom. The molecule has 1 aliphatic rings. The highest BCUT2D eigenvalue weighted by Crippen LogP contribution is 2.42. The third-order valence-electron chi connectivity index (χ3n) is 6.09. The molecule has 4 rings (SSSR count). The molecular formula is C23H29F3N6O. The molecule has 0 saturated heterocycles. The van der Waals surface area contributed by atoms with Crippen molar-refractivity contribution < 1.29 is 18.0 Å². The van der Waals surface area contributed by atoms with Gasteiger partial charge in [0.1, 0.15) is 0 Å². The second-order valence-electron chi connectivity index (χ2n) is 8.35. The van der Waals surface area contributed by atoms with Gasteiger partial charge in [-0.2, -0.15) is 18.3 Å². The Bertz CT molecular complexity index is 1110. The number of imidazole rings is 1. The van der Waals surface area contributed by atoms with Gasteiger partial charge in [0.15, 0.2) is 5.69 Å². The number of carbonyl (C=O) groups excluding carboxylic acids is 1. The molecule has 10 heteroatoms. The first-order valence-corrected chi connectivity index (χ1v) is 11.4. The highest BCUT2D eigenvalue weighted by Gasteiger charge is 2.37. The van der Waals surface area contributed by atoms with Gasteiger partial charge in [-0.3, -0.25) is 14.8 Å². The van der Waals surface area contributed by atoms with Crippen molar-refractivity contribution in [2.45, 2.75) is 58.3 Å². The number of hydrogen-bond donors (Lipinski definition) is 1. The lowest BCUT2D eigenvalue weighted by Gasteiger charge is -2.19. The van der Waals surface area contributed by atoms with Gasteiger partial charge in [-0.05, 0) is 44.1 Å². The number of halogens is 3. The van der Waals surface area contributed by atoms with Gasteiger partial charge in [-0.25, -0.2) is 4.98 Å². The number of aromatic nitrogens is 4. The number of benzene rings is 1. The van der Waals surface area contributed by atoms with Crippen molar-refractivity contribution in [3.05, 3.63) is 41.7 Å². The predicted octanol–water partition coefficient (Wildman–Crippen LogP) is 4.50. The summed E-state index contributed by atoms with van der Waals surface area (Å²) in [5.41, 5.74) is 1.37. The van der Waals surface area contributed by atoms with E-state index in [-0.39, 0.29) is 24.8 Å². The van der Waals surface area contributed by atoms with Crippen LogP contribution >= 0.6 is 0 Å². The molecule has 1 fully saturated rings. The summed E-state index contributed by atoms with van der Waals surface area (Å²) in [5, 5.41) is 6.59. The lowest BCUT2D eigenvalue weighted by atomic mass is 10.2. The van der Waals surface area contributed by atoms with Crippen LogP contribution in [0.4, 0.5) is 19.1 Å². The zero-order valence-corrected chi connectivity index (χ0v) is 18.9. The molecule has 0 atom stereocenters. The first-order valence-electron chi connectivity index (χ1n) is 11.4. The number of amides is 1. The first kappa shape index (κ1) is 23.3. The number of nitrogens with one attached hydrogen (secondary N) is 1. The Kier molecular flexibility index (Phi) is 6.73. The lowest BCUT2D eigenvalue weighted by molar-refractivity contribution is -0.141. The van der Waals surface area contributed by atoms with Crippen LogP contribution in [0.15, 0.2) is 30.3 Å². The molecule has 1 N–H and O–H groups in total. The SMILES string of the molecule is CCN(CC)CCn1c(NC(=O)CCn2nc(C(F)(F)F)cc2C2CC2)nc2ccccc21. The topological polar surface area (TPSA) is 68.0 Å². The van der Waals surface area contributed by atoms with E-state index in [0.717, 1.165) is 49.6 Å². The van der Waals surface area contributed by atoms with E-state index in [0.29, 0.717) is 18.2 Å². The number of fused-ring (bicyclic) bond motifs is 1. The van der Waals surface area contributed by atoms with Crippen LogP contribution in [0.2, 0.25) is 0 Å². The number of nitrogens with zero attached hydrogens (tertiary/aromatic N) is 5. The summed E-state index contributed by atoms with van der Waals surface area (Å²) in [6.07, 6.45) is -2.78. The summed E-state index contributed by atoms with van der Waals surface area (Å²) in [5.74, 6) is 0.244. The van der Waals surface area contributed by atoms with E-state index in [1.807, 2.05) is 28.8 Å². The van der Waals surface area contributed by atoms with Gasteiger partial charge in [0, 0.05) is 31.1 Å². The van der Waals surface area contributed by atoms with Crippen molar-refractivity contribution >= 4 is 22.9 Å². The molecule has 1 aromatic carbocycles. The van der Waals surface area contributed by atoms with E-state index in [4.69, 9.17) is 0 Å². The molecule has 33 heavy (non-hydrogen) atoms. The van der Waals surface area contributed by atoms with E-state index in [9.17, 15) is 18.0 Å². The maximum absolute atomic E-state index is 13.1. The van der Waals surface area contributed by atoms with Gasteiger partial charge >= 0.3 is 6.18 Å². The Labute approximate surface area is 190 Å². The van der Waals surface area contributed by atoms with E-state index in [2.05, 4.69) is 34.1 Å². The van der Waals surface area contributed by atoms with Gasteiger partial charge in [0.05, 0.1) is 17.6 Å². The molecule has 0 spiro atoms. The average molecular weight is 463 g/mol. The molecule has 2 heterocycles. The minimum Gasteiger partial charge on any atom is -0.309 e. The molecule has 2 aromatic heterocycles. The largest absolute Gasteiger partial charge is 0.435 e. The Morgan fingerprint density at radius 3 is 2.58 bits per heavy atom. The third-order valence-corrected chi connectivity index (χ3v) is 6.09. The third kappa shape index (κ3) is 5.38. The molecule has 3 aromatic rings. The van der Waals surface area contributed by atoms with Crippen LogP contribution in [0.25, 0.3) is 11.0 Å². The zero-order chi connectivity index (χ0) is 23.6. The van der Waals surface area contributed by atoms with Crippen LogP contribution in [-0.2, 0) is 24.1 Å². The number of likely N-dealkylation sites (N-methyl/N-ethyl adjacent to an activating group) is 1. The maximum atomic E-state index is 13.1. The summed E-state index contributed by atoms with van der Waals surface area (Å²) in [6.45, 7) is 7.64. The van der Waals surface area contributed by atoms with Crippen molar-refractivity contribution in [2.75, 3.05) is 25.0 Å². The molecular weight excluding hydrogens is 433 g/mol. The number of hydrogen-bond acceptors (Lipinski definition) is 4. The number of rotatable bonds is 10. The number of para-hydroxylation sites is 2. The molecule has 178 valence electrons. The minimum absolute atomic E-state index is 0.0119. The normalized spacial score (nSPS) is 14.4. The molecule has 7 nitrogen and oxygen atoms in total. The van der Waals surface area contributed by atoms with E-state index in [1.54, 1.807) is 0 Å². The van der Waals surface area contributed by atoms with Crippen LogP contribution < -0.4 is 5.32 Å². The summed E-state index contributed by atoms with van der Waals surface area (Å²) >= 11 is 0. The maximum Gasteiger partial charge on any atom is 0.435 e. The minimum atomic E-state index is -4.49. The van der Waals surface area contributed by atoms with Crippen LogP contribution in [-0.4, -0.2) is 49.8 Å². The van der Waals surface area contributed by atoms with Gasteiger partial charge in [-0.1, -0.05) is 26.0 Å². The fraction of sp³-hybridized carbons (Fsp3) is 0.522. The summed E-state index contributed by atoms with van der Waals surface area (Å²) in [6, 6.07) is 8.79. The van der Waals surface area contributed by atoms with Crippen molar-refractivity contribution in [2.24, 2.45) is 0 Å². The summed E-state index contributed by atoms with van der Waals surface area (Å²) < 4.78 is 42.6. The Balaban J connectivity index is 1.47. The van der Waals surface area contributed by atoms with E-state index < -0.39 is 11.9 Å². The molecule has 0 aliphatic heterocycles.